The number of aryl methyl sites for hydroxylation is 2. The summed E-state index contributed by atoms with van der Waals surface area (Å²) in [6.45, 7) is 7.98. The summed E-state index contributed by atoms with van der Waals surface area (Å²) in [6.07, 6.45) is 1.96. The highest BCUT2D eigenvalue weighted by atomic mass is 32.1. The van der Waals surface area contributed by atoms with Crippen molar-refractivity contribution in [1.82, 2.24) is 9.97 Å². The Labute approximate surface area is 122 Å². The van der Waals surface area contributed by atoms with E-state index in [2.05, 4.69) is 15.3 Å². The second kappa shape index (κ2) is 5.75. The first-order chi connectivity index (χ1) is 9.40. The van der Waals surface area contributed by atoms with Crippen LogP contribution >= 0.6 is 11.3 Å². The number of hydrogen-bond acceptors (Lipinski definition) is 6. The van der Waals surface area contributed by atoms with Crippen molar-refractivity contribution >= 4 is 33.3 Å². The second-order valence-corrected chi connectivity index (χ2v) is 6.53. The Balaban J connectivity index is 2.39. The van der Waals surface area contributed by atoms with Crippen LogP contribution in [0.25, 0.3) is 10.2 Å². The molecule has 0 amide bonds. The molecule has 0 fully saturated rings. The molecular formula is C14H18N3O2S-. The molecule has 1 atom stereocenters. The van der Waals surface area contributed by atoms with Crippen LogP contribution in [0.3, 0.4) is 0 Å². The Kier molecular flexibility index (Phi) is 4.23. The van der Waals surface area contributed by atoms with E-state index in [1.54, 1.807) is 11.3 Å². The van der Waals surface area contributed by atoms with Gasteiger partial charge in [0.2, 0.25) is 0 Å². The molecule has 5 nitrogen and oxygen atoms in total. The number of carbonyl (C=O) groups is 1. The molecule has 20 heavy (non-hydrogen) atoms. The van der Waals surface area contributed by atoms with Gasteiger partial charge in [-0.3, -0.25) is 0 Å². The highest BCUT2D eigenvalue weighted by Crippen LogP contribution is 2.32. The third kappa shape index (κ3) is 2.90. The van der Waals surface area contributed by atoms with Crippen molar-refractivity contribution in [1.29, 1.82) is 0 Å². The van der Waals surface area contributed by atoms with Crippen molar-refractivity contribution < 1.29 is 9.90 Å². The predicted octanol–water partition coefficient (Wildman–Crippen LogP) is 1.88. The Morgan fingerprint density at radius 3 is 2.70 bits per heavy atom. The molecule has 0 radical (unpaired) electrons. The molecule has 2 aromatic heterocycles. The molecule has 0 aliphatic heterocycles. The van der Waals surface area contributed by atoms with E-state index in [0.29, 0.717) is 12.2 Å². The lowest BCUT2D eigenvalue weighted by atomic mass is 10.0. The number of fused-ring (bicyclic) bond motifs is 1. The lowest BCUT2D eigenvalue weighted by molar-refractivity contribution is -0.307. The number of aliphatic carboxylic acids is 1. The fourth-order valence-electron chi connectivity index (χ4n) is 2.14. The fourth-order valence-corrected chi connectivity index (χ4v) is 3.14. The molecule has 2 aromatic rings. The summed E-state index contributed by atoms with van der Waals surface area (Å²) < 4.78 is 0. The van der Waals surface area contributed by atoms with Gasteiger partial charge in [0.15, 0.2) is 0 Å². The van der Waals surface area contributed by atoms with Crippen LogP contribution in [-0.2, 0) is 4.79 Å². The molecule has 1 N–H and O–H groups in total. The van der Waals surface area contributed by atoms with Crippen LogP contribution in [0.2, 0.25) is 0 Å². The van der Waals surface area contributed by atoms with E-state index < -0.39 is 12.0 Å². The quantitative estimate of drug-likeness (QED) is 0.910. The van der Waals surface area contributed by atoms with Gasteiger partial charge in [0.05, 0.1) is 17.4 Å². The van der Waals surface area contributed by atoms with Gasteiger partial charge < -0.3 is 15.2 Å². The van der Waals surface area contributed by atoms with Crippen LogP contribution in [0.5, 0.6) is 0 Å². The van der Waals surface area contributed by atoms with E-state index in [1.165, 1.54) is 6.33 Å². The molecule has 0 saturated heterocycles. The van der Waals surface area contributed by atoms with Gasteiger partial charge in [-0.25, -0.2) is 9.97 Å². The average Bonchev–Trinajstić information content (AvgIpc) is 2.64. The van der Waals surface area contributed by atoms with Gasteiger partial charge in [-0.2, -0.15) is 0 Å². The number of nitrogens with one attached hydrogen (secondary N) is 1. The molecule has 0 unspecified atom stereocenters. The Morgan fingerprint density at radius 2 is 2.10 bits per heavy atom. The standard InChI is InChI=1S/C14H19N3O2S/c1-7(2)5-10(14(18)19)17-12-11-8(3)9(4)20-13(11)16-6-15-12/h6-7,10H,5H2,1-4H3,(H,18,19)(H,15,16,17)/p-1/t10-/m1/s1. The van der Waals surface area contributed by atoms with E-state index in [4.69, 9.17) is 0 Å². The number of carboxylic acid groups (broad SMARTS) is 1. The number of carboxylic acids is 1. The summed E-state index contributed by atoms with van der Waals surface area (Å²) in [5.74, 6) is -0.269. The average molecular weight is 292 g/mol. The predicted molar refractivity (Wildman–Crippen MR) is 78.8 cm³/mol. The summed E-state index contributed by atoms with van der Waals surface area (Å²) in [5.41, 5.74) is 1.09. The van der Waals surface area contributed by atoms with Crippen molar-refractivity contribution in [3.05, 3.63) is 16.8 Å². The SMILES string of the molecule is Cc1sc2ncnc(N[C@H](CC(C)C)C(=O)[O-])c2c1C. The highest BCUT2D eigenvalue weighted by Gasteiger charge is 2.17. The summed E-state index contributed by atoms with van der Waals surface area (Å²) in [7, 11) is 0. The second-order valence-electron chi connectivity index (χ2n) is 5.33. The molecule has 0 aliphatic rings. The topological polar surface area (TPSA) is 77.9 Å². The van der Waals surface area contributed by atoms with Crippen molar-refractivity contribution in [2.75, 3.05) is 5.32 Å². The summed E-state index contributed by atoms with van der Waals surface area (Å²) in [6, 6.07) is -0.743. The van der Waals surface area contributed by atoms with Gasteiger partial charge in [-0.15, -0.1) is 11.3 Å². The van der Waals surface area contributed by atoms with E-state index in [0.717, 1.165) is 20.7 Å². The van der Waals surface area contributed by atoms with E-state index in [-0.39, 0.29) is 5.92 Å². The van der Waals surface area contributed by atoms with Crippen LogP contribution in [0, 0.1) is 19.8 Å². The maximum atomic E-state index is 11.3. The number of anilines is 1. The number of thiophene rings is 1. The smallest absolute Gasteiger partial charge is 0.138 e. The van der Waals surface area contributed by atoms with Crippen molar-refractivity contribution in [3.8, 4) is 0 Å². The molecule has 2 heterocycles. The number of aromatic nitrogens is 2. The minimum atomic E-state index is -1.10. The zero-order valence-electron chi connectivity index (χ0n) is 12.1. The maximum Gasteiger partial charge on any atom is 0.138 e. The first-order valence-corrected chi connectivity index (χ1v) is 7.40. The number of nitrogens with zero attached hydrogens (tertiary/aromatic N) is 2. The van der Waals surface area contributed by atoms with Gasteiger partial charge in [0.25, 0.3) is 0 Å². The van der Waals surface area contributed by atoms with Crippen molar-refractivity contribution in [3.63, 3.8) is 0 Å². The molecule has 108 valence electrons. The molecule has 0 saturated carbocycles. The minimum Gasteiger partial charge on any atom is -0.548 e. The lowest BCUT2D eigenvalue weighted by Gasteiger charge is -2.22. The third-order valence-electron chi connectivity index (χ3n) is 3.27. The zero-order chi connectivity index (χ0) is 14.9. The molecule has 6 heteroatoms. The van der Waals surface area contributed by atoms with Crippen LogP contribution in [0.15, 0.2) is 6.33 Å². The van der Waals surface area contributed by atoms with Gasteiger partial charge >= 0.3 is 0 Å². The van der Waals surface area contributed by atoms with E-state index in [1.807, 2.05) is 27.7 Å². The van der Waals surface area contributed by atoms with Gasteiger partial charge in [-0.05, 0) is 31.7 Å². The molecule has 0 bridgehead atoms. The zero-order valence-corrected chi connectivity index (χ0v) is 12.9. The Bertz CT molecular complexity index is 637. The highest BCUT2D eigenvalue weighted by molar-refractivity contribution is 7.18. The van der Waals surface area contributed by atoms with Crippen LogP contribution < -0.4 is 10.4 Å². The lowest BCUT2D eigenvalue weighted by Crippen LogP contribution is -2.41. The summed E-state index contributed by atoms with van der Waals surface area (Å²) in [5, 5.41) is 15.2. The first-order valence-electron chi connectivity index (χ1n) is 6.58. The largest absolute Gasteiger partial charge is 0.548 e. The van der Waals surface area contributed by atoms with Gasteiger partial charge in [-0.1, -0.05) is 13.8 Å². The summed E-state index contributed by atoms with van der Waals surface area (Å²) in [4.78, 5) is 21.7. The van der Waals surface area contributed by atoms with Gasteiger partial charge in [0.1, 0.15) is 17.0 Å². The first kappa shape index (κ1) is 14.7. The Morgan fingerprint density at radius 1 is 1.40 bits per heavy atom. The van der Waals surface area contributed by atoms with Gasteiger partial charge in [0, 0.05) is 4.88 Å². The van der Waals surface area contributed by atoms with Crippen molar-refractivity contribution in [2.45, 2.75) is 40.2 Å². The fraction of sp³-hybridized carbons (Fsp3) is 0.500. The van der Waals surface area contributed by atoms with Crippen molar-refractivity contribution in [2.24, 2.45) is 5.92 Å². The minimum absolute atomic E-state index is 0.257. The Hall–Kier alpha value is -1.69. The maximum absolute atomic E-state index is 11.3. The third-order valence-corrected chi connectivity index (χ3v) is 4.38. The van der Waals surface area contributed by atoms with E-state index >= 15 is 0 Å². The van der Waals surface area contributed by atoms with Crippen LogP contribution in [0.1, 0.15) is 30.7 Å². The van der Waals surface area contributed by atoms with Crippen LogP contribution in [-0.4, -0.2) is 22.0 Å². The number of rotatable bonds is 5. The molecule has 0 aliphatic carbocycles. The summed E-state index contributed by atoms with van der Waals surface area (Å²) >= 11 is 1.59. The molecule has 0 aromatic carbocycles. The van der Waals surface area contributed by atoms with E-state index in [9.17, 15) is 9.90 Å². The van der Waals surface area contributed by atoms with Crippen LogP contribution in [0.4, 0.5) is 5.82 Å². The monoisotopic (exact) mass is 292 g/mol. The normalized spacial score (nSPS) is 12.8. The number of carbonyl (C=O) groups excluding carboxylic acids is 1. The molecule has 0 spiro atoms. The number of hydrogen-bond donors (Lipinski definition) is 1. The molecule has 2 rings (SSSR count). The molecular weight excluding hydrogens is 274 g/mol.